The van der Waals surface area contributed by atoms with Crippen molar-refractivity contribution >= 4 is 5.91 Å². The first kappa shape index (κ1) is 19.0. The number of hydrogen-bond acceptors (Lipinski definition) is 2. The smallest absolute Gasteiger partial charge is 0.223 e. The van der Waals surface area contributed by atoms with Crippen LogP contribution in [-0.4, -0.2) is 39.1 Å². The number of piperidine rings is 1. The highest BCUT2D eigenvalue weighted by Gasteiger charge is 2.46. The normalized spacial score (nSPS) is 26.6. The lowest BCUT2D eigenvalue weighted by atomic mass is 9.74. The summed E-state index contributed by atoms with van der Waals surface area (Å²) in [4.78, 5) is 18.2. The molecule has 1 amide bonds. The number of fused-ring (bicyclic) bond motifs is 1. The molecule has 142 valence electrons. The van der Waals surface area contributed by atoms with Crippen LogP contribution in [0.25, 0.3) is 0 Å². The van der Waals surface area contributed by atoms with Gasteiger partial charge >= 0.3 is 0 Å². The molecule has 1 aromatic heterocycles. The Balaban J connectivity index is 1.75. The summed E-state index contributed by atoms with van der Waals surface area (Å²) >= 11 is 0. The lowest BCUT2D eigenvalue weighted by Gasteiger charge is -2.50. The van der Waals surface area contributed by atoms with Gasteiger partial charge in [-0.2, -0.15) is 0 Å². The van der Waals surface area contributed by atoms with Crippen molar-refractivity contribution < 1.29 is 9.90 Å². The zero-order chi connectivity index (χ0) is 18.6. The zero-order valence-electron chi connectivity index (χ0n) is 16.1. The molecule has 2 fully saturated rings. The molecule has 1 saturated heterocycles. The predicted molar refractivity (Wildman–Crippen MR) is 104 cm³/mol. The zero-order valence-corrected chi connectivity index (χ0v) is 16.1. The summed E-state index contributed by atoms with van der Waals surface area (Å²) in [5.74, 6) is 0.309. The third-order valence-corrected chi connectivity index (χ3v) is 6.02. The molecule has 0 bridgehead atoms. The molecule has 4 nitrogen and oxygen atoms in total. The number of aryl methyl sites for hydroxylation is 1. The molecule has 2 aliphatic rings. The number of aliphatic hydroxyl groups is 1. The highest BCUT2D eigenvalue weighted by atomic mass is 16.3. The predicted octanol–water partition coefficient (Wildman–Crippen LogP) is 4.24. The second-order valence-electron chi connectivity index (χ2n) is 8.08. The molecule has 1 aromatic rings. The van der Waals surface area contributed by atoms with Crippen molar-refractivity contribution in [2.75, 3.05) is 6.54 Å². The molecule has 4 heteroatoms. The van der Waals surface area contributed by atoms with E-state index in [1.165, 1.54) is 5.56 Å². The lowest BCUT2D eigenvalue weighted by Crippen LogP contribution is -2.60. The molecule has 3 atom stereocenters. The van der Waals surface area contributed by atoms with Crippen LogP contribution in [0.2, 0.25) is 0 Å². The number of hydrogen-bond donors (Lipinski definition) is 2. The van der Waals surface area contributed by atoms with E-state index in [0.29, 0.717) is 6.42 Å². The van der Waals surface area contributed by atoms with Gasteiger partial charge in [-0.05, 0) is 50.2 Å². The van der Waals surface area contributed by atoms with Gasteiger partial charge in [-0.25, -0.2) is 0 Å². The summed E-state index contributed by atoms with van der Waals surface area (Å²) < 4.78 is 0. The summed E-state index contributed by atoms with van der Waals surface area (Å²) in [7, 11) is 0. The van der Waals surface area contributed by atoms with E-state index in [4.69, 9.17) is 0 Å². The van der Waals surface area contributed by atoms with Gasteiger partial charge < -0.3 is 15.0 Å². The fourth-order valence-corrected chi connectivity index (χ4v) is 4.55. The van der Waals surface area contributed by atoms with Crippen LogP contribution in [0.5, 0.6) is 0 Å². The second kappa shape index (κ2) is 8.26. The average Bonchev–Trinajstić information content (AvgIpc) is 2.72. The minimum absolute atomic E-state index is 0.0143. The van der Waals surface area contributed by atoms with Crippen LogP contribution >= 0.6 is 0 Å². The lowest BCUT2D eigenvalue weighted by molar-refractivity contribution is -0.152. The third-order valence-electron chi connectivity index (χ3n) is 6.02. The number of nitrogens with zero attached hydrogens (tertiary/aromatic N) is 1. The number of H-pyrrole nitrogens is 1. The van der Waals surface area contributed by atoms with Crippen molar-refractivity contribution in [2.24, 2.45) is 0 Å². The molecule has 1 aliphatic carbocycles. The molecular weight excluding hydrogens is 324 g/mol. The summed E-state index contributed by atoms with van der Waals surface area (Å²) in [5.41, 5.74) is 1.65. The molecule has 0 radical (unpaired) electrons. The molecule has 3 rings (SSSR count). The van der Waals surface area contributed by atoms with Crippen LogP contribution < -0.4 is 0 Å². The van der Waals surface area contributed by atoms with E-state index in [2.05, 4.69) is 31.0 Å². The van der Waals surface area contributed by atoms with E-state index < -0.39 is 5.60 Å². The number of carbonyl (C=O) groups excluding carboxylic acids is 1. The van der Waals surface area contributed by atoms with Gasteiger partial charge in [0.2, 0.25) is 5.91 Å². The molecular formula is C22H32N2O2. The Labute approximate surface area is 156 Å². The quantitative estimate of drug-likeness (QED) is 0.851. The van der Waals surface area contributed by atoms with Crippen LogP contribution in [0.4, 0.5) is 0 Å². The highest BCUT2D eigenvalue weighted by Crippen LogP contribution is 2.39. The fourth-order valence-electron chi connectivity index (χ4n) is 4.55. The van der Waals surface area contributed by atoms with Gasteiger partial charge in [0.05, 0.1) is 11.6 Å². The van der Waals surface area contributed by atoms with Crippen LogP contribution in [0.1, 0.15) is 68.9 Å². The van der Waals surface area contributed by atoms with E-state index in [9.17, 15) is 9.90 Å². The maximum absolute atomic E-state index is 13.1. The molecule has 0 spiro atoms. The van der Waals surface area contributed by atoms with Gasteiger partial charge in [0.25, 0.3) is 0 Å². The Hall–Kier alpha value is -1.81. The number of amides is 1. The molecule has 3 unspecified atom stereocenters. The van der Waals surface area contributed by atoms with Crippen molar-refractivity contribution in [3.05, 3.63) is 47.8 Å². The number of aromatic nitrogens is 1. The van der Waals surface area contributed by atoms with Gasteiger partial charge in [-0.1, -0.05) is 43.5 Å². The number of carbonyl (C=O) groups is 1. The summed E-state index contributed by atoms with van der Waals surface area (Å²) in [6.45, 7) is 4.97. The van der Waals surface area contributed by atoms with Crippen molar-refractivity contribution in [1.29, 1.82) is 0 Å². The van der Waals surface area contributed by atoms with E-state index >= 15 is 0 Å². The van der Waals surface area contributed by atoms with Crippen molar-refractivity contribution in [1.82, 2.24) is 9.88 Å². The number of rotatable bonds is 3. The maximum Gasteiger partial charge on any atom is 0.223 e. The van der Waals surface area contributed by atoms with Crippen LogP contribution in [0.3, 0.4) is 0 Å². The summed E-state index contributed by atoms with van der Waals surface area (Å²) in [6.07, 6.45) is 10.1. The SMILES string of the molecule is Cc1cccc[nH]cc(C(C)CC(=O)N2CCCC3(O)CCCCC23)c1. The van der Waals surface area contributed by atoms with Crippen molar-refractivity contribution in [2.45, 2.75) is 76.4 Å². The Morgan fingerprint density at radius 1 is 1.35 bits per heavy atom. The minimum Gasteiger partial charge on any atom is -0.388 e. The minimum atomic E-state index is -0.652. The largest absolute Gasteiger partial charge is 0.388 e. The van der Waals surface area contributed by atoms with Crippen LogP contribution in [0.15, 0.2) is 36.7 Å². The fraction of sp³-hybridized carbons (Fsp3) is 0.591. The van der Waals surface area contributed by atoms with Gasteiger partial charge in [-0.3, -0.25) is 4.79 Å². The molecule has 1 aliphatic heterocycles. The maximum atomic E-state index is 13.1. The van der Waals surface area contributed by atoms with Gasteiger partial charge in [0, 0.05) is 25.4 Å². The first-order valence-electron chi connectivity index (χ1n) is 9.99. The van der Waals surface area contributed by atoms with Gasteiger partial charge in [0.1, 0.15) is 0 Å². The molecule has 2 N–H and O–H groups in total. The Morgan fingerprint density at radius 2 is 2.15 bits per heavy atom. The first-order valence-corrected chi connectivity index (χ1v) is 9.99. The molecule has 0 aromatic carbocycles. The Morgan fingerprint density at radius 3 is 3.00 bits per heavy atom. The molecule has 2 heterocycles. The molecule has 1 saturated carbocycles. The standard InChI is InChI=1S/C22H32N2O2/c1-17-8-4-6-12-23-16-19(14-17)18(2)15-21(25)24-13-7-11-22(26)10-5-3-9-20(22)24/h4,6,8,12,14,16,18,20,23,26H,3,5,7,9-11,13,15H2,1-2H3. The summed E-state index contributed by atoms with van der Waals surface area (Å²) in [6, 6.07) is 8.19. The molecule has 26 heavy (non-hydrogen) atoms. The Kier molecular flexibility index (Phi) is 6.02. The van der Waals surface area contributed by atoms with Gasteiger partial charge in [0.15, 0.2) is 0 Å². The van der Waals surface area contributed by atoms with Crippen molar-refractivity contribution in [3.8, 4) is 0 Å². The monoisotopic (exact) mass is 356 g/mol. The van der Waals surface area contributed by atoms with Gasteiger partial charge in [-0.15, -0.1) is 0 Å². The highest BCUT2D eigenvalue weighted by molar-refractivity contribution is 5.77. The topological polar surface area (TPSA) is 56.3 Å². The number of nitrogens with one attached hydrogen (secondary N) is 1. The van der Waals surface area contributed by atoms with E-state index in [1.807, 2.05) is 29.4 Å². The van der Waals surface area contributed by atoms with Crippen LogP contribution in [0, 0.1) is 6.92 Å². The first-order chi connectivity index (χ1) is 12.5. The van der Waals surface area contributed by atoms with E-state index in [0.717, 1.165) is 50.6 Å². The van der Waals surface area contributed by atoms with E-state index in [1.54, 1.807) is 0 Å². The average molecular weight is 357 g/mol. The second-order valence-corrected chi connectivity index (χ2v) is 8.08. The van der Waals surface area contributed by atoms with Crippen LogP contribution in [-0.2, 0) is 4.79 Å². The number of likely N-dealkylation sites (tertiary alicyclic amines) is 1. The summed E-state index contributed by atoms with van der Waals surface area (Å²) in [5, 5.41) is 11.0. The number of aromatic amines is 1. The third kappa shape index (κ3) is 4.29. The van der Waals surface area contributed by atoms with Crippen molar-refractivity contribution in [3.63, 3.8) is 0 Å². The Bertz CT molecular complexity index is 678. The van der Waals surface area contributed by atoms with E-state index in [-0.39, 0.29) is 17.9 Å².